The Balaban J connectivity index is 0.000000555. The van der Waals surface area contributed by atoms with Gasteiger partial charge in [0.2, 0.25) is 0 Å². The summed E-state index contributed by atoms with van der Waals surface area (Å²) in [6, 6.07) is 17.7. The van der Waals surface area contributed by atoms with E-state index in [1.807, 2.05) is 0 Å². The molecule has 0 heterocycles. The van der Waals surface area contributed by atoms with Crippen LogP contribution in [-0.2, 0) is 130 Å². The first kappa shape index (κ1) is 85.1. The number of aryl methyl sites for hydroxylation is 9. The van der Waals surface area contributed by atoms with Gasteiger partial charge in [-0.1, -0.05) is 221 Å². The van der Waals surface area contributed by atoms with Gasteiger partial charge in [0.1, 0.15) is 0 Å². The molecule has 3 heteroatoms. The van der Waals surface area contributed by atoms with Crippen molar-refractivity contribution in [2.75, 3.05) is 0 Å². The first-order chi connectivity index (χ1) is 41.2. The number of allylic oxidation sites excluding steroid dienone is 18. The summed E-state index contributed by atoms with van der Waals surface area (Å²) < 4.78 is 0. The van der Waals surface area contributed by atoms with Crippen LogP contribution >= 0.6 is 0 Å². The molecule has 0 spiro atoms. The van der Waals surface area contributed by atoms with Crippen LogP contribution in [0.3, 0.4) is 0 Å². The summed E-state index contributed by atoms with van der Waals surface area (Å²) in [5.74, 6) is 0. The molecule has 4 aromatic rings. The first-order valence-electron chi connectivity index (χ1n) is 34.7. The minimum atomic E-state index is 0. The van der Waals surface area contributed by atoms with Crippen LogP contribution in [0.5, 0.6) is 0 Å². The number of fused-ring (bicyclic) bond motifs is 2. The van der Waals surface area contributed by atoms with Gasteiger partial charge in [-0.15, -0.1) is 75.1 Å². The molecule has 8 rings (SSSR count). The SMILES string of the molecule is CCC[C-]=C(C)C1=[C-]C(C)=C(CCC)C1.CCC[C-]=C(C)C1=[C-]C2=C(C1)C(C)=C(CCC)C2.CCC[C-]=C(C)c1[c-]c(C)c2c(c1C)CC(CCC)=C2C.CCCc1cc(C)c(CCC)cc1C.CCCc1ccc2c(C)c(CCC)ccc2c1C.[Y].[Y].[Y]. The Labute approximate surface area is 626 Å². The molecule has 4 aliphatic rings. The number of hydrogen-bond acceptors (Lipinski definition) is 0. The van der Waals surface area contributed by atoms with Crippen molar-refractivity contribution in [1.82, 2.24) is 0 Å². The smallest absolute Gasteiger partial charge is 0 e. The Morgan fingerprint density at radius 1 is 0.404 bits per heavy atom. The summed E-state index contributed by atoms with van der Waals surface area (Å²) in [4.78, 5) is 0. The van der Waals surface area contributed by atoms with Crippen molar-refractivity contribution in [3.63, 3.8) is 0 Å². The molecule has 0 amide bonds. The fourth-order valence-corrected chi connectivity index (χ4v) is 13.2. The van der Waals surface area contributed by atoms with E-state index in [-0.39, 0.29) is 98.1 Å². The second-order valence-electron chi connectivity index (χ2n) is 25.6. The molecule has 0 fully saturated rings. The first-order valence-corrected chi connectivity index (χ1v) is 34.7. The van der Waals surface area contributed by atoms with Crippen LogP contribution in [0.2, 0.25) is 0 Å². The minimum absolute atomic E-state index is 0. The molecule has 0 saturated carbocycles. The summed E-state index contributed by atoms with van der Waals surface area (Å²) >= 11 is 0. The van der Waals surface area contributed by atoms with Gasteiger partial charge in [-0.3, -0.25) is 17.7 Å². The van der Waals surface area contributed by atoms with Crippen molar-refractivity contribution < 1.29 is 98.1 Å². The van der Waals surface area contributed by atoms with Gasteiger partial charge in [0, 0.05) is 98.1 Å². The van der Waals surface area contributed by atoms with Crippen molar-refractivity contribution in [3.8, 4) is 0 Å². The van der Waals surface area contributed by atoms with Crippen molar-refractivity contribution in [3.05, 3.63) is 206 Å². The zero-order valence-corrected chi connectivity index (χ0v) is 69.7. The minimum Gasteiger partial charge on any atom is -0.340 e. The van der Waals surface area contributed by atoms with Gasteiger partial charge in [-0.25, -0.2) is 11.6 Å². The van der Waals surface area contributed by atoms with Crippen LogP contribution < -0.4 is 0 Å². The van der Waals surface area contributed by atoms with Gasteiger partial charge < -0.3 is 46.1 Å². The Kier molecular flexibility index (Phi) is 42.8. The molecule has 0 aromatic heterocycles. The average molecular weight is 1420 g/mol. The molecule has 3 radical (unpaired) electrons. The second kappa shape index (κ2) is 44.7. The normalized spacial score (nSPS) is 14.3. The standard InChI is InChI=1S/C21H28.2C18H24.C15H22.C14H22.3Y/c1-7-9-11-14(3)19-12-15(4)21-16(5)18(10-8-2)13-20(21)17(19)6;1-5-7-15-9-11-18-14(4)16(8-6-2)10-12-17(18)13(15)3;1-5-7-9-13(3)16-11-17-10-15(8-6-2)14(4)18(17)12-16;1-5-7-9-12(3)15-10-13(4)14(11-15)8-6-2;1-5-7-13-9-12(4)14(8-6-2)10-11(13)3;;;/h7-10,13H2,1-6H3;9-12H,5-8H2,1-4H3;5-8,10,12H2,1-4H3;5-8,11H2,1-4H3;9-10H,5-8H2,1-4H3;;;/q-2;;2*-2;;;;. The molecule has 4 aromatic carbocycles. The molecule has 0 N–H and O–H groups in total. The van der Waals surface area contributed by atoms with Crippen LogP contribution in [0, 0.1) is 78.0 Å². The predicted molar refractivity (Wildman–Crippen MR) is 383 cm³/mol. The van der Waals surface area contributed by atoms with E-state index in [1.54, 1.807) is 33.4 Å². The molecule has 4 aliphatic carbocycles. The topological polar surface area (TPSA) is 0 Å². The second-order valence-corrected chi connectivity index (χ2v) is 25.6. The molecule has 479 valence electrons. The van der Waals surface area contributed by atoms with Crippen LogP contribution in [0.15, 0.2) is 97.7 Å². The fourth-order valence-electron chi connectivity index (χ4n) is 13.2. The van der Waals surface area contributed by atoms with Crippen LogP contribution in [0.25, 0.3) is 21.9 Å². The average Bonchev–Trinajstić information content (AvgIpc) is 3.14. The quantitative estimate of drug-likeness (QED) is 0.0650. The van der Waals surface area contributed by atoms with Gasteiger partial charge in [0.15, 0.2) is 0 Å². The van der Waals surface area contributed by atoms with Crippen LogP contribution in [-0.4, -0.2) is 0 Å². The van der Waals surface area contributed by atoms with E-state index in [2.05, 4.69) is 225 Å². The van der Waals surface area contributed by atoms with Gasteiger partial charge in [0.25, 0.3) is 0 Å². The maximum Gasteiger partial charge on any atom is 0 e. The Morgan fingerprint density at radius 3 is 1.24 bits per heavy atom. The summed E-state index contributed by atoms with van der Waals surface area (Å²) in [6.07, 6.45) is 46.0. The molecular weight excluding hydrogens is 1300 g/mol. The van der Waals surface area contributed by atoms with Crippen molar-refractivity contribution in [1.29, 1.82) is 0 Å². The van der Waals surface area contributed by atoms with E-state index in [9.17, 15) is 0 Å². The van der Waals surface area contributed by atoms with E-state index in [0.29, 0.717) is 0 Å². The molecule has 0 atom stereocenters. The van der Waals surface area contributed by atoms with E-state index < -0.39 is 0 Å². The van der Waals surface area contributed by atoms with Gasteiger partial charge >= 0.3 is 0 Å². The third-order valence-corrected chi connectivity index (χ3v) is 18.5. The fraction of sp³-hybridized carbons (Fsp3) is 0.535. The van der Waals surface area contributed by atoms with E-state index >= 15 is 0 Å². The molecule has 89 heavy (non-hydrogen) atoms. The van der Waals surface area contributed by atoms with Crippen molar-refractivity contribution >= 4 is 21.9 Å². The zero-order chi connectivity index (χ0) is 63.6. The van der Waals surface area contributed by atoms with Crippen LogP contribution in [0.4, 0.5) is 0 Å². The maximum atomic E-state index is 3.64. The molecule has 0 saturated heterocycles. The molecule has 0 nitrogen and oxygen atoms in total. The molecule has 0 unspecified atom stereocenters. The molecule has 0 aliphatic heterocycles. The zero-order valence-electron chi connectivity index (χ0n) is 61.2. The van der Waals surface area contributed by atoms with E-state index in [4.69, 9.17) is 0 Å². The summed E-state index contributed by atoms with van der Waals surface area (Å²) in [5.41, 5.74) is 37.9. The summed E-state index contributed by atoms with van der Waals surface area (Å²) in [5, 5.41) is 2.89. The third-order valence-electron chi connectivity index (χ3n) is 18.5. The van der Waals surface area contributed by atoms with E-state index in [0.717, 1.165) is 51.4 Å². The predicted octanol–water partition coefficient (Wildman–Crippen LogP) is 26.1. The number of rotatable bonds is 23. The summed E-state index contributed by atoms with van der Waals surface area (Å²) in [6.45, 7) is 49.2. The van der Waals surface area contributed by atoms with Crippen molar-refractivity contribution in [2.45, 2.75) is 306 Å². The maximum absolute atomic E-state index is 3.64. The molecular formula is C86H120Y3-6. The molecule has 0 bridgehead atoms. The Bertz CT molecular complexity index is 3110. The number of benzene rings is 4. The summed E-state index contributed by atoms with van der Waals surface area (Å²) in [7, 11) is 0. The van der Waals surface area contributed by atoms with Crippen molar-refractivity contribution in [2.24, 2.45) is 0 Å². The monoisotopic (exact) mass is 1420 g/mol. The van der Waals surface area contributed by atoms with Gasteiger partial charge in [-0.05, 0) is 141 Å². The van der Waals surface area contributed by atoms with Gasteiger partial charge in [0.05, 0.1) is 0 Å². The van der Waals surface area contributed by atoms with E-state index in [1.165, 1.54) is 225 Å². The number of unbranched alkanes of at least 4 members (excludes halogenated alkanes) is 3. The largest absolute Gasteiger partial charge is 0.340 e. The third kappa shape index (κ3) is 24.7. The number of hydrogen-bond donors (Lipinski definition) is 0. The van der Waals surface area contributed by atoms with Gasteiger partial charge in [-0.2, -0.15) is 22.3 Å². The van der Waals surface area contributed by atoms with Crippen LogP contribution in [0.1, 0.15) is 305 Å². The Morgan fingerprint density at radius 2 is 0.809 bits per heavy atom. The Hall–Kier alpha value is -1.89.